The number of halogens is 1. The van der Waals surface area contributed by atoms with E-state index >= 15 is 0 Å². The van der Waals surface area contributed by atoms with E-state index in [0.717, 1.165) is 10.8 Å². The molecule has 0 atom stereocenters. The molecule has 8 heteroatoms. The molecular formula is C23H23FN4O2S. The number of hydrogen-bond acceptors (Lipinski definition) is 4. The van der Waals surface area contributed by atoms with Gasteiger partial charge in [-0.3, -0.25) is 14.2 Å². The van der Waals surface area contributed by atoms with Crippen molar-refractivity contribution in [1.82, 2.24) is 19.4 Å². The van der Waals surface area contributed by atoms with Crippen molar-refractivity contribution >= 4 is 23.6 Å². The first-order valence-electron chi connectivity index (χ1n) is 10.1. The topological polar surface area (TPSA) is 58.4 Å². The number of amides is 2. The molecule has 1 fully saturated rings. The van der Waals surface area contributed by atoms with Crippen LogP contribution < -0.4 is 0 Å². The van der Waals surface area contributed by atoms with Crippen molar-refractivity contribution in [2.24, 2.45) is 0 Å². The van der Waals surface area contributed by atoms with Crippen LogP contribution in [0, 0.1) is 5.82 Å². The first-order chi connectivity index (χ1) is 15.1. The summed E-state index contributed by atoms with van der Waals surface area (Å²) in [6, 6.07) is 13.4. The van der Waals surface area contributed by atoms with Crippen LogP contribution >= 0.6 is 11.8 Å². The van der Waals surface area contributed by atoms with Crippen molar-refractivity contribution in [3.8, 4) is 5.69 Å². The van der Waals surface area contributed by atoms with Crippen LogP contribution in [-0.2, 0) is 0 Å². The van der Waals surface area contributed by atoms with Gasteiger partial charge >= 0.3 is 0 Å². The summed E-state index contributed by atoms with van der Waals surface area (Å²) in [4.78, 5) is 33.4. The zero-order valence-corrected chi connectivity index (χ0v) is 18.0. The Morgan fingerprint density at radius 3 is 2.29 bits per heavy atom. The van der Waals surface area contributed by atoms with Gasteiger partial charge in [-0.25, -0.2) is 9.37 Å². The van der Waals surface area contributed by atoms with E-state index in [0.29, 0.717) is 38.2 Å². The summed E-state index contributed by atoms with van der Waals surface area (Å²) in [5.74, 6) is -0.920. The van der Waals surface area contributed by atoms with Crippen LogP contribution in [0.1, 0.15) is 27.1 Å². The fourth-order valence-corrected chi connectivity index (χ4v) is 4.24. The van der Waals surface area contributed by atoms with Crippen molar-refractivity contribution in [2.75, 3.05) is 32.4 Å². The highest BCUT2D eigenvalue weighted by Crippen LogP contribution is 2.19. The van der Waals surface area contributed by atoms with Gasteiger partial charge in [-0.05, 0) is 49.1 Å². The molecule has 4 rings (SSSR count). The first-order valence-corrected chi connectivity index (χ1v) is 11.3. The van der Waals surface area contributed by atoms with E-state index < -0.39 is 5.82 Å². The molecule has 3 aromatic rings. The van der Waals surface area contributed by atoms with Gasteiger partial charge in [0.05, 0.1) is 5.56 Å². The Kier molecular flexibility index (Phi) is 6.36. The Morgan fingerprint density at radius 1 is 0.935 bits per heavy atom. The van der Waals surface area contributed by atoms with Gasteiger partial charge in [0.25, 0.3) is 11.8 Å². The van der Waals surface area contributed by atoms with Gasteiger partial charge in [-0.15, -0.1) is 0 Å². The minimum atomic E-state index is -0.521. The maximum Gasteiger partial charge on any atom is 0.256 e. The summed E-state index contributed by atoms with van der Waals surface area (Å²) in [5, 5.41) is 0.881. The lowest BCUT2D eigenvalue weighted by atomic mass is 10.1. The Balaban J connectivity index is 1.43. The van der Waals surface area contributed by atoms with Crippen LogP contribution in [0.5, 0.6) is 0 Å². The second-order valence-corrected chi connectivity index (χ2v) is 8.02. The molecule has 0 aliphatic carbocycles. The third-order valence-corrected chi connectivity index (χ3v) is 6.02. The fourth-order valence-electron chi connectivity index (χ4n) is 3.71. The fraction of sp³-hybridized carbons (Fsp3) is 0.261. The van der Waals surface area contributed by atoms with Gasteiger partial charge in [0.2, 0.25) is 0 Å². The minimum Gasteiger partial charge on any atom is -0.337 e. The summed E-state index contributed by atoms with van der Waals surface area (Å²) < 4.78 is 16.0. The molecule has 1 aromatic heterocycles. The largest absolute Gasteiger partial charge is 0.337 e. The molecule has 6 nitrogen and oxygen atoms in total. The normalized spacial score (nSPS) is 14.4. The van der Waals surface area contributed by atoms with Gasteiger partial charge in [-0.1, -0.05) is 23.9 Å². The number of aromatic nitrogens is 2. The molecule has 1 saturated heterocycles. The number of hydrogen-bond donors (Lipinski definition) is 0. The summed E-state index contributed by atoms with van der Waals surface area (Å²) in [5.41, 5.74) is 1.61. The Hall–Kier alpha value is -3.13. The molecule has 2 aromatic carbocycles. The van der Waals surface area contributed by atoms with Gasteiger partial charge < -0.3 is 9.80 Å². The lowest BCUT2D eigenvalue weighted by molar-refractivity contribution is 0.0716. The van der Waals surface area contributed by atoms with Crippen molar-refractivity contribution in [3.63, 3.8) is 0 Å². The number of nitrogens with zero attached hydrogens (tertiary/aromatic N) is 4. The minimum absolute atomic E-state index is 0.0672. The monoisotopic (exact) mass is 438 g/mol. The smallest absolute Gasteiger partial charge is 0.256 e. The summed E-state index contributed by atoms with van der Waals surface area (Å²) in [7, 11) is 0. The molecule has 0 unspecified atom stereocenters. The predicted octanol–water partition coefficient (Wildman–Crippen LogP) is 3.72. The quantitative estimate of drug-likeness (QED) is 0.583. The maximum atomic E-state index is 14.0. The van der Waals surface area contributed by atoms with Crippen molar-refractivity contribution in [2.45, 2.75) is 11.6 Å². The van der Waals surface area contributed by atoms with E-state index in [1.165, 1.54) is 12.1 Å². The zero-order valence-electron chi connectivity index (χ0n) is 17.2. The average molecular weight is 439 g/mol. The van der Waals surface area contributed by atoms with Gasteiger partial charge in [0.1, 0.15) is 5.82 Å². The predicted molar refractivity (Wildman–Crippen MR) is 118 cm³/mol. The van der Waals surface area contributed by atoms with Crippen molar-refractivity contribution in [1.29, 1.82) is 0 Å². The Labute approximate surface area is 184 Å². The van der Waals surface area contributed by atoms with Crippen LogP contribution in [-0.4, -0.2) is 63.6 Å². The zero-order chi connectivity index (χ0) is 21.8. The first kappa shape index (κ1) is 21.1. The second-order valence-electron chi connectivity index (χ2n) is 7.25. The third-order valence-electron chi connectivity index (χ3n) is 5.36. The lowest BCUT2D eigenvalue weighted by Gasteiger charge is -2.22. The molecule has 0 saturated carbocycles. The van der Waals surface area contributed by atoms with Gasteiger partial charge in [-0.2, -0.15) is 0 Å². The highest BCUT2D eigenvalue weighted by atomic mass is 32.2. The summed E-state index contributed by atoms with van der Waals surface area (Å²) >= 11 is 1.56. The number of carbonyl (C=O) groups is 2. The molecule has 2 amide bonds. The molecule has 160 valence electrons. The van der Waals surface area contributed by atoms with E-state index in [2.05, 4.69) is 4.98 Å². The Bertz CT molecular complexity index is 1080. The van der Waals surface area contributed by atoms with Crippen LogP contribution in [0.4, 0.5) is 4.39 Å². The molecule has 0 bridgehead atoms. The van der Waals surface area contributed by atoms with Gasteiger partial charge in [0.15, 0.2) is 5.16 Å². The van der Waals surface area contributed by atoms with E-state index in [-0.39, 0.29) is 17.4 Å². The van der Waals surface area contributed by atoms with Gasteiger partial charge in [0, 0.05) is 49.8 Å². The van der Waals surface area contributed by atoms with Crippen LogP contribution in [0.3, 0.4) is 0 Å². The van der Waals surface area contributed by atoms with Crippen LogP contribution in [0.25, 0.3) is 5.69 Å². The maximum absolute atomic E-state index is 14.0. The number of thioether (sulfide) groups is 1. The molecule has 0 spiro atoms. The standard InChI is InChI=1S/C23H23FN4O2S/c1-31-23-25-11-14-28(23)18-9-7-17(8-10-18)21(29)26-12-4-13-27(16-15-26)22(30)19-5-2-3-6-20(19)24/h2-3,5-11,14H,4,12-13,15-16H2,1H3. The SMILES string of the molecule is CSc1nccn1-c1ccc(C(=O)N2CCCN(C(=O)c3ccccc3F)CC2)cc1. The third kappa shape index (κ3) is 4.49. The highest BCUT2D eigenvalue weighted by molar-refractivity contribution is 7.98. The molecule has 1 aliphatic heterocycles. The number of benzene rings is 2. The van der Waals surface area contributed by atoms with Crippen molar-refractivity contribution < 1.29 is 14.0 Å². The molecule has 0 radical (unpaired) electrons. The van der Waals surface area contributed by atoms with E-state index in [4.69, 9.17) is 0 Å². The highest BCUT2D eigenvalue weighted by Gasteiger charge is 2.25. The second kappa shape index (κ2) is 9.34. The summed E-state index contributed by atoms with van der Waals surface area (Å²) in [6.07, 6.45) is 6.25. The van der Waals surface area contributed by atoms with E-state index in [1.807, 2.05) is 41.3 Å². The number of rotatable bonds is 4. The molecule has 2 heterocycles. The van der Waals surface area contributed by atoms with Crippen LogP contribution in [0.15, 0.2) is 66.1 Å². The van der Waals surface area contributed by atoms with E-state index in [1.54, 1.807) is 39.9 Å². The molecule has 31 heavy (non-hydrogen) atoms. The number of imidazole rings is 1. The molecule has 1 aliphatic rings. The summed E-state index contributed by atoms with van der Waals surface area (Å²) in [6.45, 7) is 1.84. The molecular weight excluding hydrogens is 415 g/mol. The van der Waals surface area contributed by atoms with Crippen molar-refractivity contribution in [3.05, 3.63) is 77.9 Å². The number of carbonyl (C=O) groups excluding carboxylic acids is 2. The molecule has 0 N–H and O–H groups in total. The lowest BCUT2D eigenvalue weighted by Crippen LogP contribution is -2.37. The average Bonchev–Trinajstić information content (AvgIpc) is 3.15. The Morgan fingerprint density at radius 2 is 1.61 bits per heavy atom. The van der Waals surface area contributed by atoms with E-state index in [9.17, 15) is 14.0 Å². The van der Waals surface area contributed by atoms with Crippen LogP contribution in [0.2, 0.25) is 0 Å².